The van der Waals surface area contributed by atoms with Gasteiger partial charge in [-0.2, -0.15) is 0 Å². The van der Waals surface area contributed by atoms with Crippen molar-refractivity contribution in [2.24, 2.45) is 7.05 Å². The van der Waals surface area contributed by atoms with Crippen molar-refractivity contribution >= 4 is 50.9 Å². The zero-order chi connectivity index (χ0) is 17.1. The highest BCUT2D eigenvalue weighted by Gasteiger charge is 2.15. The van der Waals surface area contributed by atoms with Crippen LogP contribution in [-0.4, -0.2) is 26.4 Å². The molecule has 1 N–H and O–H groups in total. The van der Waals surface area contributed by atoms with Gasteiger partial charge in [0, 0.05) is 17.8 Å². The summed E-state index contributed by atoms with van der Waals surface area (Å²) in [6, 6.07) is 10.6. The molecule has 24 heavy (non-hydrogen) atoms. The van der Waals surface area contributed by atoms with Crippen molar-refractivity contribution in [3.05, 3.63) is 46.1 Å². The molecule has 124 valence electrons. The Morgan fingerprint density at radius 2 is 2.21 bits per heavy atom. The molecule has 0 aliphatic rings. The molecular formula is C15H12BrClN4O2S. The van der Waals surface area contributed by atoms with E-state index in [4.69, 9.17) is 16.0 Å². The summed E-state index contributed by atoms with van der Waals surface area (Å²) in [5.41, 5.74) is 0.659. The second-order valence-corrected chi connectivity index (χ2v) is 6.98. The number of aromatic nitrogens is 3. The van der Waals surface area contributed by atoms with Gasteiger partial charge in [-0.25, -0.2) is 0 Å². The molecule has 0 aliphatic heterocycles. The summed E-state index contributed by atoms with van der Waals surface area (Å²) in [4.78, 5) is 12.0. The van der Waals surface area contributed by atoms with Crippen molar-refractivity contribution in [1.29, 1.82) is 0 Å². The highest BCUT2D eigenvalue weighted by molar-refractivity contribution is 9.10. The fourth-order valence-corrected chi connectivity index (χ4v) is 3.19. The standard InChI is InChI=1S/C15H12BrClN4O2S/c1-21-14(11-5-6-12(16)23-11)19-20-15(21)24-8-13(22)18-10-4-2-3-9(17)7-10/h2-7H,8H2,1H3,(H,18,22). The van der Waals surface area contributed by atoms with E-state index >= 15 is 0 Å². The van der Waals surface area contributed by atoms with E-state index < -0.39 is 0 Å². The Morgan fingerprint density at radius 1 is 1.38 bits per heavy atom. The van der Waals surface area contributed by atoms with Gasteiger partial charge in [0.25, 0.3) is 0 Å². The second-order valence-electron chi connectivity index (χ2n) is 4.82. The van der Waals surface area contributed by atoms with Gasteiger partial charge in [0.15, 0.2) is 21.4 Å². The summed E-state index contributed by atoms with van der Waals surface area (Å²) < 4.78 is 7.87. The van der Waals surface area contributed by atoms with Crippen LogP contribution in [0.15, 0.2) is 50.6 Å². The number of benzene rings is 1. The molecule has 1 aromatic carbocycles. The smallest absolute Gasteiger partial charge is 0.234 e. The maximum absolute atomic E-state index is 12.0. The summed E-state index contributed by atoms with van der Waals surface area (Å²) in [5, 5.41) is 12.2. The number of furan rings is 1. The molecule has 0 saturated carbocycles. The van der Waals surface area contributed by atoms with Gasteiger partial charge in [0.2, 0.25) is 5.91 Å². The van der Waals surface area contributed by atoms with Crippen LogP contribution in [0.25, 0.3) is 11.6 Å². The minimum atomic E-state index is -0.146. The molecule has 9 heteroatoms. The topological polar surface area (TPSA) is 73.0 Å². The van der Waals surface area contributed by atoms with Crippen LogP contribution in [0.3, 0.4) is 0 Å². The molecule has 0 saturated heterocycles. The van der Waals surface area contributed by atoms with Crippen LogP contribution >= 0.6 is 39.3 Å². The first-order valence-corrected chi connectivity index (χ1v) is 9.02. The van der Waals surface area contributed by atoms with E-state index in [1.165, 1.54) is 11.8 Å². The summed E-state index contributed by atoms with van der Waals surface area (Å²) in [6.45, 7) is 0. The lowest BCUT2D eigenvalue weighted by atomic mass is 10.3. The minimum absolute atomic E-state index is 0.146. The zero-order valence-electron chi connectivity index (χ0n) is 12.5. The molecular weight excluding hydrogens is 416 g/mol. The number of amides is 1. The molecule has 0 bridgehead atoms. The Balaban J connectivity index is 1.63. The lowest BCUT2D eigenvalue weighted by Crippen LogP contribution is -2.14. The summed E-state index contributed by atoms with van der Waals surface area (Å²) in [5.74, 6) is 1.26. The Kier molecular flexibility index (Phi) is 5.27. The third kappa shape index (κ3) is 4.00. The van der Waals surface area contributed by atoms with Crippen LogP contribution in [0.5, 0.6) is 0 Å². The summed E-state index contributed by atoms with van der Waals surface area (Å²) in [7, 11) is 1.82. The molecule has 1 amide bonds. The van der Waals surface area contributed by atoms with Gasteiger partial charge in [0.05, 0.1) is 5.75 Å². The number of halogens is 2. The quantitative estimate of drug-likeness (QED) is 0.617. The van der Waals surface area contributed by atoms with E-state index in [-0.39, 0.29) is 11.7 Å². The van der Waals surface area contributed by atoms with Gasteiger partial charge in [-0.1, -0.05) is 29.4 Å². The SMILES string of the molecule is Cn1c(SCC(=O)Nc2cccc(Cl)c2)nnc1-c1ccc(Br)o1. The number of rotatable bonds is 5. The fourth-order valence-electron chi connectivity index (χ4n) is 1.98. The van der Waals surface area contributed by atoms with Crippen LogP contribution in [0.1, 0.15) is 0 Å². The lowest BCUT2D eigenvalue weighted by molar-refractivity contribution is -0.113. The molecule has 6 nitrogen and oxygen atoms in total. The normalized spacial score (nSPS) is 10.8. The number of carbonyl (C=O) groups is 1. The maximum Gasteiger partial charge on any atom is 0.234 e. The second kappa shape index (κ2) is 7.42. The van der Waals surface area contributed by atoms with Crippen molar-refractivity contribution in [3.8, 4) is 11.6 Å². The number of hydrogen-bond acceptors (Lipinski definition) is 5. The van der Waals surface area contributed by atoms with Crippen LogP contribution in [0.4, 0.5) is 5.69 Å². The lowest BCUT2D eigenvalue weighted by Gasteiger charge is -2.05. The number of hydrogen-bond donors (Lipinski definition) is 1. The van der Waals surface area contributed by atoms with Crippen LogP contribution in [0, 0.1) is 0 Å². The van der Waals surface area contributed by atoms with Crippen LogP contribution in [0.2, 0.25) is 5.02 Å². The Bertz CT molecular complexity index is 880. The number of nitrogens with one attached hydrogen (secondary N) is 1. The van der Waals surface area contributed by atoms with E-state index in [0.717, 1.165) is 0 Å². The Labute approximate surface area is 155 Å². The average Bonchev–Trinajstić information content (AvgIpc) is 3.11. The van der Waals surface area contributed by atoms with E-state index in [0.29, 0.717) is 32.1 Å². The monoisotopic (exact) mass is 426 g/mol. The highest BCUT2D eigenvalue weighted by atomic mass is 79.9. The van der Waals surface area contributed by atoms with Crippen molar-refractivity contribution in [3.63, 3.8) is 0 Å². The molecule has 0 fully saturated rings. The number of carbonyl (C=O) groups excluding carboxylic acids is 1. The Hall–Kier alpha value is -1.77. The van der Waals surface area contributed by atoms with Gasteiger partial charge in [-0.3, -0.25) is 4.79 Å². The first-order chi connectivity index (χ1) is 11.5. The van der Waals surface area contributed by atoms with E-state index in [2.05, 4.69) is 31.4 Å². The average molecular weight is 428 g/mol. The largest absolute Gasteiger partial charge is 0.446 e. The predicted molar refractivity (Wildman–Crippen MR) is 97.2 cm³/mol. The third-order valence-electron chi connectivity index (χ3n) is 3.07. The van der Waals surface area contributed by atoms with Gasteiger partial charge < -0.3 is 14.3 Å². The molecule has 0 atom stereocenters. The minimum Gasteiger partial charge on any atom is -0.446 e. The number of nitrogens with zero attached hydrogens (tertiary/aromatic N) is 3. The summed E-state index contributed by atoms with van der Waals surface area (Å²) in [6.07, 6.45) is 0. The maximum atomic E-state index is 12.0. The predicted octanol–water partition coefficient (Wildman–Crippen LogP) is 4.22. The third-order valence-corrected chi connectivity index (χ3v) is 4.75. The van der Waals surface area contributed by atoms with Crippen LogP contribution < -0.4 is 5.32 Å². The van der Waals surface area contributed by atoms with Crippen molar-refractivity contribution in [2.45, 2.75) is 5.16 Å². The highest BCUT2D eigenvalue weighted by Crippen LogP contribution is 2.26. The van der Waals surface area contributed by atoms with E-state index in [1.807, 2.05) is 7.05 Å². The zero-order valence-corrected chi connectivity index (χ0v) is 15.7. The Morgan fingerprint density at radius 3 is 2.92 bits per heavy atom. The molecule has 3 rings (SSSR count). The molecule has 0 radical (unpaired) electrons. The molecule has 0 aliphatic carbocycles. The van der Waals surface area contributed by atoms with Crippen molar-refractivity contribution in [2.75, 3.05) is 11.1 Å². The molecule has 2 heterocycles. The van der Waals surface area contributed by atoms with Gasteiger partial charge in [0.1, 0.15) is 0 Å². The first kappa shape index (κ1) is 17.1. The fraction of sp³-hybridized carbons (Fsp3) is 0.133. The van der Waals surface area contributed by atoms with Crippen LogP contribution in [-0.2, 0) is 11.8 Å². The van der Waals surface area contributed by atoms with Crippen molar-refractivity contribution in [1.82, 2.24) is 14.8 Å². The van der Waals surface area contributed by atoms with E-state index in [1.54, 1.807) is 41.0 Å². The van der Waals surface area contributed by atoms with Gasteiger partial charge in [-0.05, 0) is 46.3 Å². The molecule has 2 aromatic heterocycles. The van der Waals surface area contributed by atoms with Gasteiger partial charge >= 0.3 is 0 Å². The molecule has 0 unspecified atom stereocenters. The number of anilines is 1. The first-order valence-electron chi connectivity index (χ1n) is 6.86. The molecule has 3 aromatic rings. The summed E-state index contributed by atoms with van der Waals surface area (Å²) >= 11 is 10.4. The van der Waals surface area contributed by atoms with Gasteiger partial charge in [-0.15, -0.1) is 10.2 Å². The van der Waals surface area contributed by atoms with Crippen molar-refractivity contribution < 1.29 is 9.21 Å². The number of thioether (sulfide) groups is 1. The molecule has 0 spiro atoms. The van der Waals surface area contributed by atoms with E-state index in [9.17, 15) is 4.79 Å².